The average molecular weight is 266 g/mol. The fraction of sp³-hybridized carbons (Fsp3) is 0.882. The highest BCUT2D eigenvalue weighted by molar-refractivity contribution is 5.70. The highest BCUT2D eigenvalue weighted by Gasteiger charge is 2.18. The van der Waals surface area contributed by atoms with E-state index in [1.54, 1.807) is 12.6 Å². The summed E-state index contributed by atoms with van der Waals surface area (Å²) in [7, 11) is 0. The Balaban J connectivity index is 3.88. The number of rotatable bonds is 10. The third-order valence-corrected chi connectivity index (χ3v) is 4.02. The molecule has 0 radical (unpaired) electrons. The number of aliphatic imine (C=N–C) groups is 2. The zero-order chi connectivity index (χ0) is 14.7. The van der Waals surface area contributed by atoms with Crippen LogP contribution >= 0.6 is 0 Å². The lowest BCUT2D eigenvalue weighted by molar-refractivity contribution is 0.273. The van der Waals surface area contributed by atoms with Crippen molar-refractivity contribution in [2.45, 2.75) is 86.1 Å². The molecule has 0 fully saturated rings. The van der Waals surface area contributed by atoms with Crippen molar-refractivity contribution in [2.24, 2.45) is 21.3 Å². The fourth-order valence-corrected chi connectivity index (χ4v) is 2.15. The quantitative estimate of drug-likeness (QED) is 0.367. The lowest BCUT2D eigenvalue weighted by Gasteiger charge is -2.26. The molecule has 0 spiro atoms. The number of hydrogen-bond donors (Lipinski definition) is 0. The van der Waals surface area contributed by atoms with Gasteiger partial charge in [-0.2, -0.15) is 0 Å². The van der Waals surface area contributed by atoms with Crippen molar-refractivity contribution in [3.8, 4) is 0 Å². The summed E-state index contributed by atoms with van der Waals surface area (Å²) in [5.41, 5.74) is 0.450. The first-order valence-electron chi connectivity index (χ1n) is 7.90. The molecule has 0 rings (SSSR count). The van der Waals surface area contributed by atoms with Gasteiger partial charge in [0.05, 0.1) is 0 Å². The van der Waals surface area contributed by atoms with Crippen molar-refractivity contribution < 1.29 is 0 Å². The van der Waals surface area contributed by atoms with E-state index in [0.29, 0.717) is 11.5 Å². The van der Waals surface area contributed by atoms with Gasteiger partial charge in [-0.05, 0) is 44.4 Å². The topological polar surface area (TPSA) is 24.7 Å². The first-order chi connectivity index (χ1) is 8.91. The second kappa shape index (κ2) is 10.2. The third-order valence-electron chi connectivity index (χ3n) is 4.02. The Kier molecular flexibility index (Phi) is 9.81. The Bertz CT molecular complexity index is 266. The van der Waals surface area contributed by atoms with Gasteiger partial charge in [-0.3, -0.25) is 4.99 Å². The van der Waals surface area contributed by atoms with E-state index in [2.05, 4.69) is 44.6 Å². The maximum absolute atomic E-state index is 4.42. The molecule has 0 aromatic rings. The summed E-state index contributed by atoms with van der Waals surface area (Å²) >= 11 is 0. The summed E-state index contributed by atoms with van der Waals surface area (Å²) in [5.74, 6) is 0.881. The fourth-order valence-electron chi connectivity index (χ4n) is 2.15. The van der Waals surface area contributed by atoms with Crippen LogP contribution in [0.4, 0.5) is 0 Å². The van der Waals surface area contributed by atoms with Crippen molar-refractivity contribution in [2.75, 3.05) is 0 Å². The lowest BCUT2D eigenvalue weighted by Crippen LogP contribution is -2.14. The first kappa shape index (κ1) is 18.3. The van der Waals surface area contributed by atoms with Crippen LogP contribution in [0.2, 0.25) is 0 Å². The van der Waals surface area contributed by atoms with E-state index >= 15 is 0 Å². The maximum Gasteiger partial charge on any atom is 0.109 e. The molecule has 0 aliphatic heterocycles. The van der Waals surface area contributed by atoms with Crippen molar-refractivity contribution in [1.29, 1.82) is 0 Å². The minimum absolute atomic E-state index is 0.387. The molecular weight excluding hydrogens is 232 g/mol. The summed E-state index contributed by atoms with van der Waals surface area (Å²) in [6.45, 7) is 13.5. The number of hydrogen-bond acceptors (Lipinski definition) is 1. The van der Waals surface area contributed by atoms with Gasteiger partial charge in [0.1, 0.15) is 6.34 Å². The first-order valence-corrected chi connectivity index (χ1v) is 7.90. The van der Waals surface area contributed by atoms with E-state index in [9.17, 15) is 0 Å². The molecule has 2 atom stereocenters. The molecule has 0 bridgehead atoms. The van der Waals surface area contributed by atoms with E-state index in [1.807, 2.05) is 6.92 Å². The Morgan fingerprint density at radius 3 is 2.37 bits per heavy atom. The van der Waals surface area contributed by atoms with Crippen LogP contribution in [0.15, 0.2) is 9.98 Å². The minimum atomic E-state index is 0.387. The van der Waals surface area contributed by atoms with Crippen LogP contribution in [0.5, 0.6) is 0 Å². The van der Waals surface area contributed by atoms with E-state index in [0.717, 1.165) is 12.3 Å². The second-order valence-electron chi connectivity index (χ2n) is 6.63. The van der Waals surface area contributed by atoms with Crippen LogP contribution in [0.3, 0.4) is 0 Å². The van der Waals surface area contributed by atoms with Gasteiger partial charge in [0.15, 0.2) is 0 Å². The van der Waals surface area contributed by atoms with Crippen LogP contribution in [-0.4, -0.2) is 18.6 Å². The van der Waals surface area contributed by atoms with Gasteiger partial charge >= 0.3 is 0 Å². The van der Waals surface area contributed by atoms with Gasteiger partial charge in [0, 0.05) is 12.3 Å². The zero-order valence-electron chi connectivity index (χ0n) is 13.9. The molecule has 2 heteroatoms. The van der Waals surface area contributed by atoms with Crippen LogP contribution in [0, 0.1) is 11.3 Å². The summed E-state index contributed by atoms with van der Waals surface area (Å²) in [5, 5.41) is 0. The molecule has 2 nitrogen and oxygen atoms in total. The van der Waals surface area contributed by atoms with Gasteiger partial charge in [-0.1, -0.05) is 47.0 Å². The number of nitrogens with zero attached hydrogens (tertiary/aromatic N) is 2. The Morgan fingerprint density at radius 2 is 1.79 bits per heavy atom. The van der Waals surface area contributed by atoms with Gasteiger partial charge in [0.2, 0.25) is 0 Å². The molecule has 112 valence electrons. The summed E-state index contributed by atoms with van der Waals surface area (Å²) in [6, 6.07) is 0.387. The van der Waals surface area contributed by atoms with Gasteiger partial charge in [-0.15, -0.1) is 0 Å². The SMILES string of the molecule is C/C=N\C=N/C(C)CCC(C)(C)CCC[C@H](C)CC. The van der Waals surface area contributed by atoms with Crippen molar-refractivity contribution in [3.05, 3.63) is 0 Å². The summed E-state index contributed by atoms with van der Waals surface area (Å²) < 4.78 is 0. The van der Waals surface area contributed by atoms with Gasteiger partial charge < -0.3 is 0 Å². The summed E-state index contributed by atoms with van der Waals surface area (Å²) in [6.07, 6.45) is 11.2. The molecule has 0 aliphatic rings. The molecule has 0 heterocycles. The maximum atomic E-state index is 4.42. The van der Waals surface area contributed by atoms with E-state index in [-0.39, 0.29) is 0 Å². The van der Waals surface area contributed by atoms with Gasteiger partial charge in [-0.25, -0.2) is 4.99 Å². The molecule has 1 unspecified atom stereocenters. The molecule has 0 aromatic carbocycles. The third kappa shape index (κ3) is 10.9. The molecule has 0 aromatic heterocycles. The highest BCUT2D eigenvalue weighted by atomic mass is 14.9. The van der Waals surface area contributed by atoms with Crippen LogP contribution in [0.1, 0.15) is 80.1 Å². The molecule has 0 saturated carbocycles. The predicted octanol–water partition coefficient (Wildman–Crippen LogP) is 5.52. The normalized spacial score (nSPS) is 16.3. The van der Waals surface area contributed by atoms with Crippen molar-refractivity contribution >= 4 is 12.6 Å². The van der Waals surface area contributed by atoms with E-state index in [4.69, 9.17) is 0 Å². The Labute approximate surface area is 120 Å². The van der Waals surface area contributed by atoms with Gasteiger partial charge in [0.25, 0.3) is 0 Å². The average Bonchev–Trinajstić information content (AvgIpc) is 2.36. The second-order valence-corrected chi connectivity index (χ2v) is 6.63. The molecule has 0 aliphatic carbocycles. The summed E-state index contributed by atoms with van der Waals surface area (Å²) in [4.78, 5) is 8.43. The molecule has 0 saturated heterocycles. The standard InChI is InChI=1S/C17H34N2/c1-7-15(3)10-9-12-17(5,6)13-11-16(4)19-14-18-8-2/h8,14-16H,7,9-13H2,1-6H3/b18-8-,19-14-/t15-,16?/m1/s1. The van der Waals surface area contributed by atoms with Crippen LogP contribution in [0.25, 0.3) is 0 Å². The van der Waals surface area contributed by atoms with Crippen LogP contribution in [-0.2, 0) is 0 Å². The Morgan fingerprint density at radius 1 is 1.11 bits per heavy atom. The van der Waals surface area contributed by atoms with Crippen molar-refractivity contribution in [3.63, 3.8) is 0 Å². The lowest BCUT2D eigenvalue weighted by atomic mass is 9.81. The zero-order valence-corrected chi connectivity index (χ0v) is 13.9. The van der Waals surface area contributed by atoms with Crippen LogP contribution < -0.4 is 0 Å². The molecular formula is C17H34N2. The predicted molar refractivity (Wildman–Crippen MR) is 88.4 cm³/mol. The van der Waals surface area contributed by atoms with E-state index in [1.165, 1.54) is 32.1 Å². The van der Waals surface area contributed by atoms with Crippen molar-refractivity contribution in [1.82, 2.24) is 0 Å². The molecule has 0 N–H and O–H groups in total. The molecule has 0 amide bonds. The van der Waals surface area contributed by atoms with E-state index < -0.39 is 0 Å². The smallest absolute Gasteiger partial charge is 0.109 e. The Hall–Kier alpha value is -0.660. The largest absolute Gasteiger partial charge is 0.271 e. The highest BCUT2D eigenvalue weighted by Crippen LogP contribution is 2.31. The molecule has 19 heavy (non-hydrogen) atoms. The minimum Gasteiger partial charge on any atom is -0.271 e. The monoisotopic (exact) mass is 266 g/mol.